The van der Waals surface area contributed by atoms with E-state index >= 15 is 0 Å². The number of nitro groups is 1. The fourth-order valence-corrected chi connectivity index (χ4v) is 6.15. The highest BCUT2D eigenvalue weighted by molar-refractivity contribution is 6.33. The van der Waals surface area contributed by atoms with Gasteiger partial charge in [-0.15, -0.1) is 5.11 Å². The first kappa shape index (κ1) is 52.0. The summed E-state index contributed by atoms with van der Waals surface area (Å²) < 4.78 is 44.5. The molecule has 0 atom stereocenters. The molecule has 0 aromatic heterocycles. The van der Waals surface area contributed by atoms with Crippen LogP contribution in [0.15, 0.2) is 101 Å². The van der Waals surface area contributed by atoms with Crippen LogP contribution in [-0.4, -0.2) is 108 Å². The van der Waals surface area contributed by atoms with Gasteiger partial charge in [-0.3, -0.25) is 19.7 Å². The Morgan fingerprint density at radius 3 is 1.66 bits per heavy atom. The molecular weight excluding hydrogens is 860 g/mol. The van der Waals surface area contributed by atoms with Gasteiger partial charge in [0.15, 0.2) is 0 Å². The van der Waals surface area contributed by atoms with Crippen molar-refractivity contribution in [2.45, 2.75) is 59.0 Å². The minimum Gasteiger partial charge on any atom is -0.492 e. The van der Waals surface area contributed by atoms with E-state index in [1.54, 1.807) is 0 Å². The quantitative estimate of drug-likeness (QED) is 0.0153. The topological polar surface area (TPSA) is 179 Å². The van der Waals surface area contributed by atoms with E-state index in [0.717, 1.165) is 34.9 Å². The van der Waals surface area contributed by atoms with E-state index in [9.17, 15) is 19.7 Å². The van der Waals surface area contributed by atoms with Crippen molar-refractivity contribution in [1.29, 1.82) is 0 Å². The number of carbonyl (C=O) groups excluding carboxylic acids is 2. The molecule has 0 heterocycles. The van der Waals surface area contributed by atoms with Crippen molar-refractivity contribution in [1.82, 2.24) is 0 Å². The van der Waals surface area contributed by atoms with Crippen LogP contribution in [0.5, 0.6) is 11.5 Å². The first-order chi connectivity index (χ1) is 31.4. The maximum atomic E-state index is 12.2. The Morgan fingerprint density at radius 2 is 1.15 bits per heavy atom. The summed E-state index contributed by atoms with van der Waals surface area (Å²) in [5, 5.41) is 19.4. The number of ether oxygens (including phenoxy) is 8. The fraction of sp³-hybridized carbons (Fsp3) is 0.458. The minimum absolute atomic E-state index is 0.109. The van der Waals surface area contributed by atoms with Gasteiger partial charge in [0.2, 0.25) is 0 Å². The Hall–Kier alpha value is -5.65. The monoisotopic (exact) mass is 920 g/mol. The summed E-state index contributed by atoms with van der Waals surface area (Å²) in [7, 11) is 0. The number of benzene rings is 4. The number of hydrogen-bond acceptors (Lipinski definition) is 15. The SMILES string of the molecule is CCN(CCOc1ccc(CCC(=O)OCCOCCOCCOCCOCCOc2ccc(CCC(=O)OC(C)(C)C)cc2)cc1)c1ccc(N=Nc2ccc([N+](=O)[O-])cc2Cl)cc1. The third-order valence-corrected chi connectivity index (χ3v) is 9.55. The Labute approximate surface area is 386 Å². The van der Waals surface area contributed by atoms with E-state index in [2.05, 4.69) is 22.1 Å². The van der Waals surface area contributed by atoms with Crippen LogP contribution in [0.4, 0.5) is 22.7 Å². The lowest BCUT2D eigenvalue weighted by Gasteiger charge is -2.23. The van der Waals surface area contributed by atoms with Crippen LogP contribution in [0.2, 0.25) is 5.02 Å². The van der Waals surface area contributed by atoms with E-state index in [-0.39, 0.29) is 42.3 Å². The number of non-ortho nitro benzene ring substituents is 1. The van der Waals surface area contributed by atoms with Crippen LogP contribution in [0, 0.1) is 10.1 Å². The molecular formula is C48H61ClN4O12. The lowest BCUT2D eigenvalue weighted by molar-refractivity contribution is -0.384. The Bertz CT molecular complexity index is 2050. The third-order valence-electron chi connectivity index (χ3n) is 9.25. The second-order valence-electron chi connectivity index (χ2n) is 15.4. The number of aryl methyl sites for hydroxylation is 2. The van der Waals surface area contributed by atoms with Crippen LogP contribution in [0.25, 0.3) is 0 Å². The van der Waals surface area contributed by atoms with Gasteiger partial charge in [0.1, 0.15) is 42.6 Å². The van der Waals surface area contributed by atoms with Gasteiger partial charge in [-0.05, 0) is 106 Å². The first-order valence-corrected chi connectivity index (χ1v) is 22.1. The van der Waals surface area contributed by atoms with Crippen LogP contribution in [0.1, 0.15) is 51.7 Å². The molecule has 16 nitrogen and oxygen atoms in total. The molecule has 0 fully saturated rings. The summed E-state index contributed by atoms with van der Waals surface area (Å²) in [6, 6.07) is 26.9. The number of nitrogens with zero attached hydrogens (tertiary/aromatic N) is 4. The maximum Gasteiger partial charge on any atom is 0.306 e. The molecule has 17 heteroatoms. The molecule has 0 aliphatic rings. The first-order valence-electron chi connectivity index (χ1n) is 21.7. The number of hydrogen-bond donors (Lipinski definition) is 0. The summed E-state index contributed by atoms with van der Waals surface area (Å²) >= 11 is 6.11. The zero-order chi connectivity index (χ0) is 46.7. The molecule has 0 radical (unpaired) electrons. The fourth-order valence-electron chi connectivity index (χ4n) is 5.93. The van der Waals surface area contributed by atoms with E-state index < -0.39 is 10.5 Å². The van der Waals surface area contributed by atoms with Crippen molar-refractivity contribution in [3.8, 4) is 11.5 Å². The van der Waals surface area contributed by atoms with Gasteiger partial charge in [-0.1, -0.05) is 35.9 Å². The molecule has 0 spiro atoms. The van der Waals surface area contributed by atoms with Crippen molar-refractivity contribution < 1.29 is 52.4 Å². The van der Waals surface area contributed by atoms with Crippen LogP contribution < -0.4 is 14.4 Å². The molecule has 4 aromatic rings. The largest absolute Gasteiger partial charge is 0.492 e. The van der Waals surface area contributed by atoms with Gasteiger partial charge in [-0.2, -0.15) is 5.11 Å². The summed E-state index contributed by atoms with van der Waals surface area (Å²) in [4.78, 5) is 36.7. The Morgan fingerprint density at radius 1 is 0.646 bits per heavy atom. The number of likely N-dealkylation sites (N-methyl/N-ethyl adjacent to an activating group) is 1. The predicted molar refractivity (Wildman–Crippen MR) is 247 cm³/mol. The molecule has 0 saturated carbocycles. The van der Waals surface area contributed by atoms with Gasteiger partial charge >= 0.3 is 11.9 Å². The molecule has 0 N–H and O–H groups in total. The van der Waals surface area contributed by atoms with Crippen molar-refractivity contribution >= 4 is 46.3 Å². The molecule has 0 amide bonds. The maximum absolute atomic E-state index is 12.2. The number of halogens is 1. The predicted octanol–water partition coefficient (Wildman–Crippen LogP) is 9.46. The molecule has 65 heavy (non-hydrogen) atoms. The third kappa shape index (κ3) is 21.7. The van der Waals surface area contributed by atoms with Gasteiger partial charge in [0.25, 0.3) is 5.69 Å². The number of carbonyl (C=O) groups is 2. The zero-order valence-electron chi connectivity index (χ0n) is 37.7. The van der Waals surface area contributed by atoms with E-state index in [1.165, 1.54) is 18.2 Å². The standard InChI is InChI=1S/C48H61ClN4O12/c1-5-52(40-14-12-39(13-15-40)50-51-45-21-16-41(53(56)57)36-44(45)49)24-25-62-42-17-6-37(7-18-42)10-22-46(54)64-35-33-61-31-29-59-27-26-58-28-30-60-32-34-63-43-19-8-38(9-20-43)11-23-47(55)65-48(2,3)4/h6-9,12-21,36H,5,10-11,22-35H2,1-4H3. The van der Waals surface area contributed by atoms with Gasteiger partial charge in [-0.25, -0.2) is 0 Å². The Kier molecular flexibility index (Phi) is 23.2. The van der Waals surface area contributed by atoms with Crippen molar-refractivity contribution in [2.75, 3.05) is 90.7 Å². The average molecular weight is 921 g/mol. The number of rotatable bonds is 31. The minimum atomic E-state index is -0.516. The average Bonchev–Trinajstić information content (AvgIpc) is 3.29. The van der Waals surface area contributed by atoms with Gasteiger partial charge in [0, 0.05) is 37.2 Å². The van der Waals surface area contributed by atoms with Crippen LogP contribution in [0.3, 0.4) is 0 Å². The molecule has 0 bridgehead atoms. The molecule has 4 rings (SSSR count). The molecule has 352 valence electrons. The highest BCUT2D eigenvalue weighted by Crippen LogP contribution is 2.31. The molecule has 0 aliphatic heterocycles. The number of nitro benzene ring substituents is 1. The lowest BCUT2D eigenvalue weighted by atomic mass is 10.1. The van der Waals surface area contributed by atoms with E-state index in [0.29, 0.717) is 96.6 Å². The second-order valence-corrected chi connectivity index (χ2v) is 15.8. The summed E-state index contributed by atoms with van der Waals surface area (Å²) in [5.41, 5.74) is 3.41. The zero-order valence-corrected chi connectivity index (χ0v) is 38.5. The Balaban J connectivity index is 0.936. The van der Waals surface area contributed by atoms with E-state index in [4.69, 9.17) is 49.5 Å². The highest BCUT2D eigenvalue weighted by atomic mass is 35.5. The number of anilines is 1. The summed E-state index contributed by atoms with van der Waals surface area (Å²) in [6.45, 7) is 13.4. The summed E-state index contributed by atoms with van der Waals surface area (Å²) in [5.74, 6) is 0.982. The van der Waals surface area contributed by atoms with Crippen LogP contribution in [-0.2, 0) is 50.9 Å². The van der Waals surface area contributed by atoms with Gasteiger partial charge < -0.3 is 42.8 Å². The summed E-state index contributed by atoms with van der Waals surface area (Å²) in [6.07, 6.45) is 1.76. The molecule has 0 unspecified atom stereocenters. The van der Waals surface area contributed by atoms with Gasteiger partial charge in [0.05, 0.1) is 75.0 Å². The normalized spacial score (nSPS) is 11.4. The molecule has 4 aromatic carbocycles. The molecule has 0 saturated heterocycles. The van der Waals surface area contributed by atoms with Crippen molar-refractivity contribution in [3.05, 3.63) is 117 Å². The second kappa shape index (κ2) is 29.0. The van der Waals surface area contributed by atoms with E-state index in [1.807, 2.05) is 93.6 Å². The highest BCUT2D eigenvalue weighted by Gasteiger charge is 2.16. The number of esters is 2. The lowest BCUT2D eigenvalue weighted by Crippen LogP contribution is -2.27. The number of azo groups is 1. The van der Waals surface area contributed by atoms with Crippen molar-refractivity contribution in [2.24, 2.45) is 10.2 Å². The van der Waals surface area contributed by atoms with Crippen molar-refractivity contribution in [3.63, 3.8) is 0 Å². The molecule has 0 aliphatic carbocycles. The smallest absolute Gasteiger partial charge is 0.306 e. The van der Waals surface area contributed by atoms with Crippen LogP contribution >= 0.6 is 11.6 Å².